The molecule has 106 valence electrons. The average Bonchev–Trinajstić information content (AvgIpc) is 2.90. The molecule has 1 amide bonds. The third kappa shape index (κ3) is 3.17. The number of carboxylic acid groups (broad SMARTS) is 1. The predicted octanol–water partition coefficient (Wildman–Crippen LogP) is 2.43. The average molecular weight is 275 g/mol. The SMILES string of the molecule is CCC1=C(C(=O)OCc2ccccc2)CN(C(=O)O)C1. The van der Waals surface area contributed by atoms with E-state index < -0.39 is 12.1 Å². The van der Waals surface area contributed by atoms with Gasteiger partial charge < -0.3 is 9.84 Å². The van der Waals surface area contributed by atoms with Crippen LogP contribution in [0.25, 0.3) is 0 Å². The number of rotatable bonds is 4. The topological polar surface area (TPSA) is 66.8 Å². The third-order valence-electron chi connectivity index (χ3n) is 3.31. The fraction of sp³-hybridized carbons (Fsp3) is 0.333. The van der Waals surface area contributed by atoms with Crippen LogP contribution in [0.5, 0.6) is 0 Å². The van der Waals surface area contributed by atoms with Gasteiger partial charge in [-0.1, -0.05) is 37.3 Å². The predicted molar refractivity (Wildman–Crippen MR) is 73.2 cm³/mol. The van der Waals surface area contributed by atoms with Gasteiger partial charge in [0.15, 0.2) is 0 Å². The van der Waals surface area contributed by atoms with Crippen LogP contribution in [0.3, 0.4) is 0 Å². The van der Waals surface area contributed by atoms with Crippen LogP contribution in [0.1, 0.15) is 18.9 Å². The molecule has 1 aliphatic rings. The Morgan fingerprint density at radius 3 is 2.55 bits per heavy atom. The number of hydrogen-bond donors (Lipinski definition) is 1. The van der Waals surface area contributed by atoms with Crippen LogP contribution in [0.2, 0.25) is 0 Å². The smallest absolute Gasteiger partial charge is 0.407 e. The molecule has 1 aromatic carbocycles. The zero-order chi connectivity index (χ0) is 14.5. The summed E-state index contributed by atoms with van der Waals surface area (Å²) in [6.07, 6.45) is -0.360. The van der Waals surface area contributed by atoms with E-state index in [4.69, 9.17) is 9.84 Å². The first-order valence-electron chi connectivity index (χ1n) is 6.51. The maximum absolute atomic E-state index is 12.1. The molecule has 0 saturated heterocycles. The number of esters is 1. The summed E-state index contributed by atoms with van der Waals surface area (Å²) in [5, 5.41) is 8.98. The second kappa shape index (κ2) is 6.23. The summed E-state index contributed by atoms with van der Waals surface area (Å²) in [5.74, 6) is -0.422. The first-order valence-corrected chi connectivity index (χ1v) is 6.51. The molecule has 2 rings (SSSR count). The fourth-order valence-corrected chi connectivity index (χ4v) is 2.16. The van der Waals surface area contributed by atoms with E-state index in [2.05, 4.69) is 0 Å². The van der Waals surface area contributed by atoms with Gasteiger partial charge in [0.25, 0.3) is 0 Å². The van der Waals surface area contributed by atoms with Crippen molar-refractivity contribution in [3.8, 4) is 0 Å². The van der Waals surface area contributed by atoms with Gasteiger partial charge in [-0.15, -0.1) is 0 Å². The van der Waals surface area contributed by atoms with Crippen molar-refractivity contribution in [1.29, 1.82) is 0 Å². The lowest BCUT2D eigenvalue weighted by Gasteiger charge is -2.11. The molecule has 5 heteroatoms. The molecule has 0 atom stereocenters. The van der Waals surface area contributed by atoms with Crippen LogP contribution in [0.4, 0.5) is 4.79 Å². The standard InChI is InChI=1S/C15H17NO4/c1-2-12-8-16(15(18)19)9-13(12)14(17)20-10-11-6-4-3-5-7-11/h3-7H,2,8-10H2,1H3,(H,18,19). The molecule has 0 radical (unpaired) electrons. The number of nitrogens with zero attached hydrogens (tertiary/aromatic N) is 1. The largest absolute Gasteiger partial charge is 0.465 e. The molecule has 5 nitrogen and oxygen atoms in total. The summed E-state index contributed by atoms with van der Waals surface area (Å²) in [5.41, 5.74) is 2.23. The van der Waals surface area contributed by atoms with Gasteiger partial charge in [-0.3, -0.25) is 4.90 Å². The van der Waals surface area contributed by atoms with Crippen LogP contribution in [0, 0.1) is 0 Å². The van der Waals surface area contributed by atoms with Crippen molar-refractivity contribution in [1.82, 2.24) is 4.90 Å². The molecule has 0 saturated carbocycles. The second-order valence-corrected chi connectivity index (χ2v) is 4.64. The van der Waals surface area contributed by atoms with Crippen LogP contribution in [0.15, 0.2) is 41.5 Å². The van der Waals surface area contributed by atoms with Crippen LogP contribution < -0.4 is 0 Å². The van der Waals surface area contributed by atoms with Crippen molar-refractivity contribution in [3.63, 3.8) is 0 Å². The number of benzene rings is 1. The van der Waals surface area contributed by atoms with Crippen LogP contribution >= 0.6 is 0 Å². The van der Waals surface area contributed by atoms with E-state index in [1.54, 1.807) is 0 Å². The molecular weight excluding hydrogens is 258 g/mol. The Hall–Kier alpha value is -2.30. The molecule has 1 N–H and O–H groups in total. The summed E-state index contributed by atoms with van der Waals surface area (Å²) < 4.78 is 5.26. The number of amides is 1. The summed E-state index contributed by atoms with van der Waals surface area (Å²) in [4.78, 5) is 24.2. The van der Waals surface area contributed by atoms with E-state index in [1.165, 1.54) is 4.90 Å². The molecule has 1 aromatic rings. The lowest BCUT2D eigenvalue weighted by molar-refractivity contribution is -0.140. The minimum atomic E-state index is -1.01. The van der Waals surface area contributed by atoms with E-state index in [9.17, 15) is 9.59 Å². The van der Waals surface area contributed by atoms with Gasteiger partial charge in [0.05, 0.1) is 12.1 Å². The zero-order valence-electron chi connectivity index (χ0n) is 11.3. The van der Waals surface area contributed by atoms with Crippen LogP contribution in [-0.4, -0.2) is 35.2 Å². The fourth-order valence-electron chi connectivity index (χ4n) is 2.16. The molecular formula is C15H17NO4. The molecule has 0 unspecified atom stereocenters. The maximum Gasteiger partial charge on any atom is 0.407 e. The summed E-state index contributed by atoms with van der Waals surface area (Å²) in [7, 11) is 0. The summed E-state index contributed by atoms with van der Waals surface area (Å²) in [6.45, 7) is 2.52. The van der Waals surface area contributed by atoms with Gasteiger partial charge in [0.2, 0.25) is 0 Å². The van der Waals surface area contributed by atoms with Crippen molar-refractivity contribution in [2.45, 2.75) is 20.0 Å². The molecule has 20 heavy (non-hydrogen) atoms. The minimum absolute atomic E-state index is 0.117. The molecule has 0 spiro atoms. The van der Waals surface area contributed by atoms with Gasteiger partial charge in [-0.2, -0.15) is 0 Å². The van der Waals surface area contributed by atoms with E-state index in [1.807, 2.05) is 37.3 Å². The third-order valence-corrected chi connectivity index (χ3v) is 3.31. The highest BCUT2D eigenvalue weighted by Crippen LogP contribution is 2.21. The molecule has 0 aliphatic carbocycles. The molecule has 1 aliphatic heterocycles. The highest BCUT2D eigenvalue weighted by Gasteiger charge is 2.29. The number of carbonyl (C=O) groups is 2. The number of hydrogen-bond acceptors (Lipinski definition) is 3. The molecule has 0 fully saturated rings. The Kier molecular flexibility index (Phi) is 4.40. The van der Waals surface area contributed by atoms with E-state index in [0.717, 1.165) is 11.1 Å². The summed E-state index contributed by atoms with van der Waals surface area (Å²) in [6, 6.07) is 9.40. The van der Waals surface area contributed by atoms with Crippen molar-refractivity contribution in [3.05, 3.63) is 47.0 Å². The quantitative estimate of drug-likeness (QED) is 0.857. The van der Waals surface area contributed by atoms with Crippen molar-refractivity contribution < 1.29 is 19.4 Å². The highest BCUT2D eigenvalue weighted by atomic mass is 16.5. The van der Waals surface area contributed by atoms with Gasteiger partial charge in [-0.25, -0.2) is 9.59 Å². The molecule has 1 heterocycles. The van der Waals surface area contributed by atoms with Gasteiger partial charge in [0.1, 0.15) is 6.61 Å². The Balaban J connectivity index is 1.99. The Labute approximate surface area is 117 Å². The van der Waals surface area contributed by atoms with Crippen molar-refractivity contribution >= 4 is 12.1 Å². The summed E-state index contributed by atoms with van der Waals surface area (Å²) >= 11 is 0. The molecule has 0 bridgehead atoms. The Morgan fingerprint density at radius 1 is 1.25 bits per heavy atom. The van der Waals surface area contributed by atoms with E-state index in [0.29, 0.717) is 18.5 Å². The second-order valence-electron chi connectivity index (χ2n) is 4.64. The van der Waals surface area contributed by atoms with Crippen LogP contribution in [-0.2, 0) is 16.1 Å². The van der Waals surface area contributed by atoms with E-state index in [-0.39, 0.29) is 13.2 Å². The zero-order valence-corrected chi connectivity index (χ0v) is 11.3. The minimum Gasteiger partial charge on any atom is -0.465 e. The normalized spacial score (nSPS) is 14.6. The number of ether oxygens (including phenoxy) is 1. The van der Waals surface area contributed by atoms with Crippen molar-refractivity contribution in [2.75, 3.05) is 13.1 Å². The van der Waals surface area contributed by atoms with Crippen molar-refractivity contribution in [2.24, 2.45) is 0 Å². The highest BCUT2D eigenvalue weighted by molar-refractivity contribution is 5.91. The monoisotopic (exact) mass is 275 g/mol. The van der Waals surface area contributed by atoms with Gasteiger partial charge in [-0.05, 0) is 17.6 Å². The Bertz CT molecular complexity index is 536. The maximum atomic E-state index is 12.1. The first kappa shape index (κ1) is 14.1. The first-order chi connectivity index (χ1) is 9.61. The van der Waals surface area contributed by atoms with Gasteiger partial charge in [0, 0.05) is 6.54 Å². The van der Waals surface area contributed by atoms with Gasteiger partial charge >= 0.3 is 12.1 Å². The Morgan fingerprint density at radius 2 is 1.95 bits per heavy atom. The lowest BCUT2D eigenvalue weighted by Crippen LogP contribution is -2.28. The molecule has 0 aromatic heterocycles. The number of carbonyl (C=O) groups excluding carboxylic acids is 1. The lowest BCUT2D eigenvalue weighted by atomic mass is 10.1. The van der Waals surface area contributed by atoms with E-state index >= 15 is 0 Å².